The fourth-order valence-corrected chi connectivity index (χ4v) is 2.31. The largest absolute Gasteiger partial charge is 0.480 e. The summed E-state index contributed by atoms with van der Waals surface area (Å²) >= 11 is 1.53. The summed E-state index contributed by atoms with van der Waals surface area (Å²) in [4.78, 5) is 23.2. The van der Waals surface area contributed by atoms with Crippen LogP contribution in [0.25, 0.3) is 0 Å². The lowest BCUT2D eigenvalue weighted by Gasteiger charge is -2.13. The van der Waals surface area contributed by atoms with E-state index in [0.717, 1.165) is 12.2 Å². The number of carboxylic acids is 1. The van der Waals surface area contributed by atoms with E-state index >= 15 is 0 Å². The molecular formula is C13H17NO3S. The van der Waals surface area contributed by atoms with Crippen LogP contribution in [0.1, 0.15) is 5.56 Å². The molecule has 0 spiro atoms. The number of carbonyl (C=O) groups is 2. The molecule has 0 aromatic heterocycles. The Balaban J connectivity index is 2.18. The highest BCUT2D eigenvalue weighted by Crippen LogP contribution is 2.07. The summed E-state index contributed by atoms with van der Waals surface area (Å²) in [7, 11) is 1.51. The summed E-state index contributed by atoms with van der Waals surface area (Å²) in [6.07, 6.45) is 0.918. The maximum absolute atomic E-state index is 11.5. The molecule has 1 N–H and O–H groups in total. The van der Waals surface area contributed by atoms with E-state index in [-0.39, 0.29) is 12.5 Å². The number of thioether (sulfide) groups is 1. The van der Waals surface area contributed by atoms with Crippen molar-refractivity contribution in [1.82, 2.24) is 4.90 Å². The number of benzene rings is 1. The van der Waals surface area contributed by atoms with Crippen molar-refractivity contribution in [1.29, 1.82) is 0 Å². The van der Waals surface area contributed by atoms with Gasteiger partial charge in [0.1, 0.15) is 6.54 Å². The molecule has 0 saturated carbocycles. The van der Waals surface area contributed by atoms with E-state index in [4.69, 9.17) is 5.11 Å². The standard InChI is InChI=1S/C13H17NO3S/c1-14(9-13(16)17)12(15)10-18-8-7-11-5-3-2-4-6-11/h2-6H,7-10H2,1H3,(H,16,17). The highest BCUT2D eigenvalue weighted by molar-refractivity contribution is 7.99. The number of nitrogens with zero attached hydrogens (tertiary/aromatic N) is 1. The molecule has 1 aromatic carbocycles. The van der Waals surface area contributed by atoms with Crippen LogP contribution in [0.4, 0.5) is 0 Å². The number of hydrogen-bond donors (Lipinski definition) is 1. The van der Waals surface area contributed by atoms with Crippen LogP contribution in [-0.4, -0.2) is 47.0 Å². The summed E-state index contributed by atoms with van der Waals surface area (Å²) < 4.78 is 0. The van der Waals surface area contributed by atoms with Gasteiger partial charge in [0.15, 0.2) is 0 Å². The van der Waals surface area contributed by atoms with Crippen LogP contribution in [0.3, 0.4) is 0 Å². The van der Waals surface area contributed by atoms with Gasteiger partial charge in [0.2, 0.25) is 5.91 Å². The fraction of sp³-hybridized carbons (Fsp3) is 0.385. The molecule has 1 rings (SSSR count). The summed E-state index contributed by atoms with van der Waals surface area (Å²) in [5.74, 6) is 0.0587. The van der Waals surface area contributed by atoms with Crippen molar-refractivity contribution < 1.29 is 14.7 Å². The van der Waals surface area contributed by atoms with E-state index in [1.165, 1.54) is 29.3 Å². The Labute approximate surface area is 111 Å². The smallest absolute Gasteiger partial charge is 0.323 e. The first kappa shape index (κ1) is 14.6. The molecule has 0 aliphatic carbocycles. The van der Waals surface area contributed by atoms with Gasteiger partial charge in [-0.1, -0.05) is 30.3 Å². The Kier molecular flexibility index (Phi) is 6.28. The minimum atomic E-state index is -0.986. The van der Waals surface area contributed by atoms with E-state index in [1.54, 1.807) is 0 Å². The summed E-state index contributed by atoms with van der Waals surface area (Å²) in [5.41, 5.74) is 1.25. The predicted molar refractivity (Wildman–Crippen MR) is 72.7 cm³/mol. The van der Waals surface area contributed by atoms with Crippen LogP contribution in [0.5, 0.6) is 0 Å². The van der Waals surface area contributed by atoms with Gasteiger partial charge in [0.25, 0.3) is 0 Å². The van der Waals surface area contributed by atoms with Crippen LogP contribution < -0.4 is 0 Å². The van der Waals surface area contributed by atoms with E-state index in [0.29, 0.717) is 5.75 Å². The zero-order valence-corrected chi connectivity index (χ0v) is 11.2. The minimum Gasteiger partial charge on any atom is -0.480 e. The third-order valence-corrected chi connectivity index (χ3v) is 3.35. The van der Waals surface area contributed by atoms with Crippen molar-refractivity contribution in [2.75, 3.05) is 25.1 Å². The normalized spacial score (nSPS) is 10.1. The Morgan fingerprint density at radius 3 is 2.56 bits per heavy atom. The highest BCUT2D eigenvalue weighted by Gasteiger charge is 2.11. The molecule has 1 aromatic rings. The molecule has 0 heterocycles. The number of amides is 1. The highest BCUT2D eigenvalue weighted by atomic mass is 32.2. The van der Waals surface area contributed by atoms with E-state index in [2.05, 4.69) is 12.1 Å². The molecule has 0 aliphatic heterocycles. The van der Waals surface area contributed by atoms with Crippen molar-refractivity contribution in [3.8, 4) is 0 Å². The maximum atomic E-state index is 11.5. The van der Waals surface area contributed by atoms with Crippen LogP contribution in [0, 0.1) is 0 Å². The number of likely N-dealkylation sites (N-methyl/N-ethyl adjacent to an activating group) is 1. The van der Waals surface area contributed by atoms with Crippen LogP contribution >= 0.6 is 11.8 Å². The second kappa shape index (κ2) is 7.76. The molecule has 18 heavy (non-hydrogen) atoms. The van der Waals surface area contributed by atoms with Gasteiger partial charge in [-0.15, -0.1) is 0 Å². The Morgan fingerprint density at radius 2 is 1.94 bits per heavy atom. The molecule has 0 saturated heterocycles. The molecule has 0 aliphatic rings. The third kappa shape index (κ3) is 5.72. The molecule has 1 amide bonds. The monoisotopic (exact) mass is 267 g/mol. The Morgan fingerprint density at radius 1 is 1.28 bits per heavy atom. The first-order valence-corrected chi connectivity index (χ1v) is 6.82. The van der Waals surface area contributed by atoms with E-state index < -0.39 is 5.97 Å². The molecule has 0 unspecified atom stereocenters. The van der Waals surface area contributed by atoms with Crippen LogP contribution in [0.2, 0.25) is 0 Å². The zero-order valence-electron chi connectivity index (χ0n) is 10.3. The number of carboxylic acid groups (broad SMARTS) is 1. The van der Waals surface area contributed by atoms with Crippen LogP contribution in [0.15, 0.2) is 30.3 Å². The first-order valence-electron chi connectivity index (χ1n) is 5.67. The van der Waals surface area contributed by atoms with Crippen LogP contribution in [-0.2, 0) is 16.0 Å². The number of aliphatic carboxylic acids is 1. The van der Waals surface area contributed by atoms with Gasteiger partial charge in [-0.3, -0.25) is 9.59 Å². The lowest BCUT2D eigenvalue weighted by molar-refractivity contribution is -0.142. The second-order valence-electron chi connectivity index (χ2n) is 3.93. The molecular weight excluding hydrogens is 250 g/mol. The average Bonchev–Trinajstić information content (AvgIpc) is 2.34. The topological polar surface area (TPSA) is 57.6 Å². The average molecular weight is 267 g/mol. The predicted octanol–water partition coefficient (Wildman–Crippen LogP) is 1.51. The van der Waals surface area contributed by atoms with Crippen molar-refractivity contribution in [3.05, 3.63) is 35.9 Å². The molecule has 0 fully saturated rings. The van der Waals surface area contributed by atoms with Crippen molar-refractivity contribution in [3.63, 3.8) is 0 Å². The summed E-state index contributed by atoms with van der Waals surface area (Å²) in [6.45, 7) is -0.238. The van der Waals surface area contributed by atoms with Crippen molar-refractivity contribution in [2.45, 2.75) is 6.42 Å². The second-order valence-corrected chi connectivity index (χ2v) is 5.04. The van der Waals surface area contributed by atoms with Gasteiger partial charge in [-0.05, 0) is 17.7 Å². The fourth-order valence-electron chi connectivity index (χ4n) is 1.40. The summed E-state index contributed by atoms with van der Waals surface area (Å²) in [5, 5.41) is 8.55. The van der Waals surface area contributed by atoms with Gasteiger partial charge >= 0.3 is 5.97 Å². The van der Waals surface area contributed by atoms with Gasteiger partial charge in [-0.2, -0.15) is 11.8 Å². The number of carbonyl (C=O) groups excluding carboxylic acids is 1. The lowest BCUT2D eigenvalue weighted by Crippen LogP contribution is -2.33. The van der Waals surface area contributed by atoms with Gasteiger partial charge in [-0.25, -0.2) is 0 Å². The van der Waals surface area contributed by atoms with Crippen molar-refractivity contribution in [2.24, 2.45) is 0 Å². The minimum absolute atomic E-state index is 0.143. The first-order chi connectivity index (χ1) is 8.59. The zero-order chi connectivity index (χ0) is 13.4. The van der Waals surface area contributed by atoms with E-state index in [9.17, 15) is 9.59 Å². The van der Waals surface area contributed by atoms with Gasteiger partial charge in [0, 0.05) is 7.05 Å². The molecule has 0 atom stereocenters. The Hall–Kier alpha value is -1.49. The molecule has 5 heteroatoms. The molecule has 0 bridgehead atoms. The van der Waals surface area contributed by atoms with Gasteiger partial charge in [0.05, 0.1) is 5.75 Å². The Bertz CT molecular complexity index is 394. The van der Waals surface area contributed by atoms with Crippen molar-refractivity contribution >= 4 is 23.6 Å². The molecule has 4 nitrogen and oxygen atoms in total. The maximum Gasteiger partial charge on any atom is 0.323 e. The lowest BCUT2D eigenvalue weighted by atomic mass is 10.2. The van der Waals surface area contributed by atoms with E-state index in [1.807, 2.05) is 18.2 Å². The molecule has 0 radical (unpaired) electrons. The van der Waals surface area contributed by atoms with Gasteiger partial charge < -0.3 is 10.0 Å². The number of aryl methyl sites for hydroxylation is 1. The summed E-state index contributed by atoms with van der Waals surface area (Å²) in [6, 6.07) is 10.1. The number of rotatable bonds is 7. The molecule has 98 valence electrons. The number of hydrogen-bond acceptors (Lipinski definition) is 3. The third-order valence-electron chi connectivity index (χ3n) is 2.40. The quantitative estimate of drug-likeness (QED) is 0.761. The SMILES string of the molecule is CN(CC(=O)O)C(=O)CSCCc1ccccc1.